The lowest BCUT2D eigenvalue weighted by atomic mass is 9.75. The van der Waals surface area contributed by atoms with E-state index in [1.807, 2.05) is 13.8 Å². The van der Waals surface area contributed by atoms with Crippen LogP contribution in [0.2, 0.25) is 0 Å². The number of carbonyl (C=O) groups is 1. The van der Waals surface area contributed by atoms with Crippen LogP contribution in [0.25, 0.3) is 0 Å². The Kier molecular flexibility index (Phi) is 20.2. The van der Waals surface area contributed by atoms with Gasteiger partial charge in [0.05, 0.1) is 53.2 Å². The van der Waals surface area contributed by atoms with Crippen LogP contribution in [0.15, 0.2) is 24.3 Å². The summed E-state index contributed by atoms with van der Waals surface area (Å²) in [5.41, 5.74) is -7.59. The van der Waals surface area contributed by atoms with Crippen molar-refractivity contribution in [3.05, 3.63) is 29.8 Å². The van der Waals surface area contributed by atoms with Gasteiger partial charge in [-0.2, -0.15) is 25.9 Å². The first-order chi connectivity index (χ1) is 32.2. The molecule has 4 rings (SSSR count). The molecule has 0 aromatic heterocycles. The van der Waals surface area contributed by atoms with E-state index in [4.69, 9.17) is 28.4 Å². The minimum absolute atomic E-state index is 0.0157. The number of likely N-dealkylation sites (N-methyl/N-ethyl adjacent to an activating group) is 1. The van der Waals surface area contributed by atoms with Gasteiger partial charge in [-0.15, -0.1) is 0 Å². The molecule has 22 heteroatoms. The van der Waals surface area contributed by atoms with E-state index in [0.29, 0.717) is 6.54 Å². The van der Waals surface area contributed by atoms with Crippen LogP contribution in [-0.4, -0.2) is 175 Å². The number of carbonyl (C=O) groups excluding carboxylic acids is 1. The lowest BCUT2D eigenvalue weighted by molar-refractivity contribution is -0.336. The number of aliphatic hydroxyl groups excluding tert-OH is 2. The van der Waals surface area contributed by atoms with Crippen molar-refractivity contribution in [1.29, 1.82) is 0 Å². The molecule has 7 N–H and O–H groups in total. The number of aliphatic hydroxyl groups is 5. The summed E-state index contributed by atoms with van der Waals surface area (Å²) in [5, 5.41) is 66.7. The first-order valence-electron chi connectivity index (χ1n) is 24.5. The number of hydrogen-bond acceptors (Lipinski definition) is 16. The topological polar surface area (TPSA) is 238 Å². The van der Waals surface area contributed by atoms with Crippen LogP contribution in [0.1, 0.15) is 114 Å². The molecule has 3 saturated heterocycles. The van der Waals surface area contributed by atoms with Gasteiger partial charge in [-0.3, -0.25) is 9.10 Å². The largest absolute Gasteiger partial charge is 0.459 e. The van der Waals surface area contributed by atoms with Gasteiger partial charge in [0.2, 0.25) is 0 Å². The SMILES string of the molecule is CCCNC[C@]1(O)[C@H](C)O[C@@H](O[C@H]2[C@H](C)[C@@H](O[C@@H]3O[C@H](C)C[C@H](N(C)S(=O)(=O)N(C)c4ccc(C(F)(F)F)cc4)[C@H]3O)[C@](C)(O)C[C@@H](C)CN[C@H](C)[C@@H](O)[C@](C)(O)[C@@H](CC)OC(=O)[C@@H]2C)C[C@@]1(C)OC. The highest BCUT2D eigenvalue weighted by atomic mass is 32.2. The molecular formula is C48H83F3N4O14S. The Morgan fingerprint density at radius 1 is 0.943 bits per heavy atom. The predicted molar refractivity (Wildman–Crippen MR) is 254 cm³/mol. The lowest BCUT2D eigenvalue weighted by Crippen LogP contribution is -2.70. The average Bonchev–Trinajstić information content (AvgIpc) is 3.28. The van der Waals surface area contributed by atoms with Crippen LogP contribution in [0, 0.1) is 17.8 Å². The maximum absolute atomic E-state index is 14.5. The highest BCUT2D eigenvalue weighted by Crippen LogP contribution is 2.43. The van der Waals surface area contributed by atoms with Crippen molar-refractivity contribution in [3.63, 3.8) is 0 Å². The number of rotatable bonds is 14. The minimum atomic E-state index is -4.64. The number of anilines is 1. The molecule has 18 atom stereocenters. The molecule has 0 saturated carbocycles. The molecular weight excluding hydrogens is 946 g/mol. The maximum Gasteiger partial charge on any atom is 0.416 e. The first kappa shape index (κ1) is 60.3. The molecule has 18 nitrogen and oxygen atoms in total. The molecule has 0 amide bonds. The smallest absolute Gasteiger partial charge is 0.416 e. The monoisotopic (exact) mass is 1030 g/mol. The zero-order chi connectivity index (χ0) is 53.1. The molecule has 70 heavy (non-hydrogen) atoms. The second-order valence-electron chi connectivity index (χ2n) is 20.8. The van der Waals surface area contributed by atoms with Gasteiger partial charge in [0.25, 0.3) is 0 Å². The van der Waals surface area contributed by atoms with Crippen molar-refractivity contribution < 1.29 is 80.3 Å². The number of methoxy groups -OCH3 is 1. The number of hydrogen-bond donors (Lipinski definition) is 7. The Morgan fingerprint density at radius 3 is 2.11 bits per heavy atom. The molecule has 1 aromatic carbocycles. The van der Waals surface area contributed by atoms with Crippen molar-refractivity contribution in [3.8, 4) is 0 Å². The van der Waals surface area contributed by atoms with Crippen molar-refractivity contribution in [2.45, 2.75) is 204 Å². The standard InChI is InChI=1S/C48H83F3N4O14S/c1-15-21-52-26-47(61)32(8)66-37(24-45(47,10)64-14)68-39-29(5)41(44(9,59)23-27(3)25-53-31(7)40(57)46(11,60)36(16-2)67-42(58)30(39)6)69-43-38(56)35(22-28(4)65-43)55(13)70(62,63)54(12)34-19-17-33(18-20-34)48(49,50)51/h17-20,27-32,35-41,43,52-53,56-57,59-61H,15-16,21-26H2,1-14H3/t27-,28-,29+,30-,31-,32+,35+,36-,37+,38-,39+,40-,41-,43+,44-,45-,46-,47+/m1/s1. The van der Waals surface area contributed by atoms with Crippen LogP contribution in [-0.2, 0) is 49.6 Å². The van der Waals surface area contributed by atoms with Crippen LogP contribution in [0.4, 0.5) is 18.9 Å². The second-order valence-corrected chi connectivity index (χ2v) is 22.8. The fourth-order valence-corrected chi connectivity index (χ4v) is 11.7. The zero-order valence-corrected chi connectivity index (χ0v) is 44.2. The second kappa shape index (κ2) is 23.5. The summed E-state index contributed by atoms with van der Waals surface area (Å²) in [6, 6.07) is 1.66. The third kappa shape index (κ3) is 13.1. The number of ether oxygens (including phenoxy) is 6. The van der Waals surface area contributed by atoms with Crippen molar-refractivity contribution >= 4 is 21.9 Å². The van der Waals surface area contributed by atoms with E-state index >= 15 is 0 Å². The Morgan fingerprint density at radius 2 is 1.56 bits per heavy atom. The number of nitrogens with one attached hydrogen (secondary N) is 2. The molecule has 0 unspecified atom stereocenters. The van der Waals surface area contributed by atoms with E-state index in [2.05, 4.69) is 10.6 Å². The number of alkyl halides is 3. The van der Waals surface area contributed by atoms with Gasteiger partial charge in [-0.1, -0.05) is 27.7 Å². The van der Waals surface area contributed by atoms with Gasteiger partial charge < -0.3 is 64.6 Å². The van der Waals surface area contributed by atoms with Gasteiger partial charge >= 0.3 is 22.4 Å². The van der Waals surface area contributed by atoms with Gasteiger partial charge in [0.15, 0.2) is 12.6 Å². The van der Waals surface area contributed by atoms with E-state index < -0.39 is 130 Å². The Bertz CT molecular complexity index is 1950. The van der Waals surface area contributed by atoms with E-state index in [-0.39, 0.29) is 50.4 Å². The summed E-state index contributed by atoms with van der Waals surface area (Å²) in [6.07, 6.45) is -15.1. The fourth-order valence-electron chi connectivity index (χ4n) is 10.4. The van der Waals surface area contributed by atoms with Crippen LogP contribution in [0.3, 0.4) is 0 Å². The molecule has 3 fully saturated rings. The van der Waals surface area contributed by atoms with E-state index in [1.165, 1.54) is 35.1 Å². The minimum Gasteiger partial charge on any atom is -0.459 e. The number of nitrogens with zero attached hydrogens (tertiary/aromatic N) is 2. The van der Waals surface area contributed by atoms with Gasteiger partial charge in [-0.05, 0) is 117 Å². The molecule has 0 bridgehead atoms. The summed E-state index contributed by atoms with van der Waals surface area (Å²) in [6.45, 7) is 19.4. The summed E-state index contributed by atoms with van der Waals surface area (Å²) >= 11 is 0. The highest BCUT2D eigenvalue weighted by Gasteiger charge is 2.58. The van der Waals surface area contributed by atoms with E-state index in [0.717, 1.165) is 39.3 Å². The molecule has 0 aliphatic carbocycles. The summed E-state index contributed by atoms with van der Waals surface area (Å²) in [4.78, 5) is 14.5. The molecule has 0 spiro atoms. The van der Waals surface area contributed by atoms with Gasteiger partial charge in [0, 0.05) is 46.1 Å². The van der Waals surface area contributed by atoms with Gasteiger partial charge in [0.1, 0.15) is 35.1 Å². The van der Waals surface area contributed by atoms with Crippen molar-refractivity contribution in [2.24, 2.45) is 17.8 Å². The fraction of sp³-hybridized carbons (Fsp3) is 0.854. The quantitative estimate of drug-likeness (QED) is 0.104. The predicted octanol–water partition coefficient (Wildman–Crippen LogP) is 3.70. The molecule has 3 aliphatic heterocycles. The Hall–Kier alpha value is -2.29. The zero-order valence-electron chi connectivity index (χ0n) is 43.4. The number of esters is 1. The third-order valence-electron chi connectivity index (χ3n) is 15.1. The molecule has 0 radical (unpaired) electrons. The third-order valence-corrected chi connectivity index (χ3v) is 17.0. The van der Waals surface area contributed by atoms with E-state index in [9.17, 15) is 51.9 Å². The van der Waals surface area contributed by atoms with Crippen LogP contribution >= 0.6 is 0 Å². The summed E-state index contributed by atoms with van der Waals surface area (Å²) in [7, 11) is -0.646. The molecule has 3 aliphatic rings. The lowest BCUT2D eigenvalue weighted by Gasteiger charge is -2.53. The molecule has 406 valence electrons. The average molecular weight is 1030 g/mol. The normalized spacial score (nSPS) is 41.1. The van der Waals surface area contributed by atoms with Crippen LogP contribution < -0.4 is 14.9 Å². The number of benzene rings is 1. The Labute approximate surface area is 413 Å². The van der Waals surface area contributed by atoms with Crippen molar-refractivity contribution in [2.75, 3.05) is 45.1 Å². The number of halogens is 3. The first-order valence-corrected chi connectivity index (χ1v) is 25.9. The van der Waals surface area contributed by atoms with Gasteiger partial charge in [-0.25, -0.2) is 0 Å². The Balaban J connectivity index is 1.81. The molecule has 3 heterocycles. The van der Waals surface area contributed by atoms with Crippen molar-refractivity contribution in [1.82, 2.24) is 14.9 Å². The number of cyclic esters (lactones) is 1. The highest BCUT2D eigenvalue weighted by molar-refractivity contribution is 7.90. The van der Waals surface area contributed by atoms with Crippen LogP contribution in [0.5, 0.6) is 0 Å². The summed E-state index contributed by atoms with van der Waals surface area (Å²) in [5.74, 6) is -3.41. The molecule has 1 aromatic rings. The summed E-state index contributed by atoms with van der Waals surface area (Å²) < 4.78 is 108. The maximum atomic E-state index is 14.5. The van der Waals surface area contributed by atoms with E-state index in [1.54, 1.807) is 48.5 Å².